The zero-order valence-electron chi connectivity index (χ0n) is 17.1. The van der Waals surface area contributed by atoms with E-state index in [1.807, 2.05) is 30.8 Å². The summed E-state index contributed by atoms with van der Waals surface area (Å²) in [5.74, 6) is 2.52. The second kappa shape index (κ2) is 9.16. The van der Waals surface area contributed by atoms with Crippen molar-refractivity contribution in [3.63, 3.8) is 0 Å². The first kappa shape index (κ1) is 20.4. The fraction of sp³-hybridized carbons (Fsp3) is 0.474. The SMILES string of the molecule is CN=C(NCc1cc(OC)c(OC)c(OC)c1)NCc1c(C)nn(C)c1C. The van der Waals surface area contributed by atoms with Gasteiger partial charge in [0.05, 0.1) is 27.0 Å². The van der Waals surface area contributed by atoms with E-state index in [9.17, 15) is 0 Å². The zero-order chi connectivity index (χ0) is 20.0. The minimum atomic E-state index is 0.557. The number of nitrogens with zero attached hydrogens (tertiary/aromatic N) is 3. The first-order valence-corrected chi connectivity index (χ1v) is 8.67. The van der Waals surface area contributed by atoms with Crippen molar-refractivity contribution >= 4 is 5.96 Å². The Hall–Kier alpha value is -2.90. The third-order valence-electron chi connectivity index (χ3n) is 4.50. The van der Waals surface area contributed by atoms with Crippen LogP contribution in [0, 0.1) is 13.8 Å². The lowest BCUT2D eigenvalue weighted by molar-refractivity contribution is 0.323. The number of nitrogens with one attached hydrogen (secondary N) is 2. The van der Waals surface area contributed by atoms with Gasteiger partial charge in [0.2, 0.25) is 5.75 Å². The Labute approximate surface area is 160 Å². The largest absolute Gasteiger partial charge is 0.493 e. The number of benzene rings is 1. The molecule has 0 atom stereocenters. The fourth-order valence-electron chi connectivity index (χ4n) is 2.89. The van der Waals surface area contributed by atoms with Crippen LogP contribution < -0.4 is 24.8 Å². The van der Waals surface area contributed by atoms with Crippen LogP contribution in [0.1, 0.15) is 22.5 Å². The van der Waals surface area contributed by atoms with Crippen molar-refractivity contribution in [2.45, 2.75) is 26.9 Å². The lowest BCUT2D eigenvalue weighted by atomic mass is 10.1. The highest BCUT2D eigenvalue weighted by molar-refractivity contribution is 5.79. The molecule has 0 aliphatic heterocycles. The molecule has 0 unspecified atom stereocenters. The van der Waals surface area contributed by atoms with Gasteiger partial charge in [0.25, 0.3) is 0 Å². The van der Waals surface area contributed by atoms with Crippen LogP contribution in [0.2, 0.25) is 0 Å². The minimum Gasteiger partial charge on any atom is -0.493 e. The predicted octanol–water partition coefficient (Wildman–Crippen LogP) is 1.93. The maximum absolute atomic E-state index is 5.40. The first-order chi connectivity index (χ1) is 12.9. The molecule has 0 radical (unpaired) electrons. The smallest absolute Gasteiger partial charge is 0.203 e. The van der Waals surface area contributed by atoms with E-state index in [2.05, 4.69) is 27.6 Å². The Bertz CT molecular complexity index is 789. The summed E-state index contributed by atoms with van der Waals surface area (Å²) in [6.07, 6.45) is 0. The maximum atomic E-state index is 5.40. The second-order valence-electron chi connectivity index (χ2n) is 6.09. The van der Waals surface area contributed by atoms with Gasteiger partial charge in [-0.15, -0.1) is 0 Å². The Morgan fingerprint density at radius 3 is 2.07 bits per heavy atom. The van der Waals surface area contributed by atoms with E-state index < -0.39 is 0 Å². The molecule has 0 spiro atoms. The number of hydrogen-bond acceptors (Lipinski definition) is 5. The number of aryl methyl sites for hydroxylation is 2. The summed E-state index contributed by atoms with van der Waals surface area (Å²) in [7, 11) is 8.49. The monoisotopic (exact) mass is 375 g/mol. The van der Waals surface area contributed by atoms with Crippen LogP contribution in [0.4, 0.5) is 0 Å². The summed E-state index contributed by atoms with van der Waals surface area (Å²) in [5.41, 5.74) is 4.32. The number of aliphatic imine (C=N–C) groups is 1. The van der Waals surface area contributed by atoms with Crippen LogP contribution in [-0.2, 0) is 20.1 Å². The van der Waals surface area contributed by atoms with Gasteiger partial charge in [-0.2, -0.15) is 5.10 Å². The van der Waals surface area contributed by atoms with Crippen molar-refractivity contribution in [2.24, 2.45) is 12.0 Å². The number of guanidine groups is 1. The van der Waals surface area contributed by atoms with Crippen molar-refractivity contribution in [1.82, 2.24) is 20.4 Å². The number of methoxy groups -OCH3 is 3. The molecule has 0 saturated carbocycles. The van der Waals surface area contributed by atoms with Gasteiger partial charge < -0.3 is 24.8 Å². The van der Waals surface area contributed by atoms with Crippen LogP contribution in [0.25, 0.3) is 0 Å². The van der Waals surface area contributed by atoms with Crippen molar-refractivity contribution in [1.29, 1.82) is 0 Å². The molecular formula is C19H29N5O3. The zero-order valence-corrected chi connectivity index (χ0v) is 17.1. The standard InChI is InChI=1S/C19H29N5O3/c1-12-15(13(2)24(4)23-12)11-22-19(20-3)21-10-14-8-16(25-5)18(27-7)17(9-14)26-6/h8-9H,10-11H2,1-7H3,(H2,20,21,22). The molecule has 0 aliphatic carbocycles. The highest BCUT2D eigenvalue weighted by atomic mass is 16.5. The van der Waals surface area contributed by atoms with E-state index in [-0.39, 0.29) is 0 Å². The van der Waals surface area contributed by atoms with Gasteiger partial charge in [-0.25, -0.2) is 0 Å². The number of aromatic nitrogens is 2. The molecule has 8 nitrogen and oxygen atoms in total. The summed E-state index contributed by atoms with van der Waals surface area (Å²) in [4.78, 5) is 4.28. The quantitative estimate of drug-likeness (QED) is 0.568. The molecule has 0 bridgehead atoms. The fourth-order valence-corrected chi connectivity index (χ4v) is 2.89. The predicted molar refractivity (Wildman–Crippen MR) is 106 cm³/mol. The Morgan fingerprint density at radius 1 is 1.04 bits per heavy atom. The Balaban J connectivity index is 2.05. The van der Waals surface area contributed by atoms with E-state index in [0.717, 1.165) is 17.0 Å². The van der Waals surface area contributed by atoms with E-state index in [1.54, 1.807) is 28.4 Å². The van der Waals surface area contributed by atoms with Gasteiger partial charge in [0.15, 0.2) is 17.5 Å². The lowest BCUT2D eigenvalue weighted by Gasteiger charge is -2.16. The molecule has 148 valence electrons. The number of rotatable bonds is 7. The molecule has 0 saturated heterocycles. The van der Waals surface area contributed by atoms with Crippen LogP contribution >= 0.6 is 0 Å². The molecule has 0 amide bonds. The Morgan fingerprint density at radius 2 is 1.63 bits per heavy atom. The summed E-state index contributed by atoms with van der Waals surface area (Å²) in [5, 5.41) is 11.1. The van der Waals surface area contributed by atoms with Crippen molar-refractivity contribution < 1.29 is 14.2 Å². The number of ether oxygens (including phenoxy) is 3. The summed E-state index contributed by atoms with van der Waals surface area (Å²) in [6, 6.07) is 3.83. The summed E-state index contributed by atoms with van der Waals surface area (Å²) in [6.45, 7) is 5.28. The van der Waals surface area contributed by atoms with Gasteiger partial charge >= 0.3 is 0 Å². The second-order valence-corrected chi connectivity index (χ2v) is 6.09. The average molecular weight is 375 g/mol. The van der Waals surface area contributed by atoms with Gasteiger partial charge in [0.1, 0.15) is 0 Å². The molecule has 1 aromatic heterocycles. The van der Waals surface area contributed by atoms with Crippen molar-refractivity contribution in [3.8, 4) is 17.2 Å². The van der Waals surface area contributed by atoms with Crippen molar-refractivity contribution in [2.75, 3.05) is 28.4 Å². The molecule has 27 heavy (non-hydrogen) atoms. The lowest BCUT2D eigenvalue weighted by Crippen LogP contribution is -2.36. The minimum absolute atomic E-state index is 0.557. The molecule has 1 heterocycles. The van der Waals surface area contributed by atoms with E-state index in [0.29, 0.717) is 36.3 Å². The van der Waals surface area contributed by atoms with Gasteiger partial charge in [-0.3, -0.25) is 9.67 Å². The average Bonchev–Trinajstić information content (AvgIpc) is 2.92. The summed E-state index contributed by atoms with van der Waals surface area (Å²) < 4.78 is 18.0. The molecule has 2 aromatic rings. The molecule has 0 fully saturated rings. The summed E-state index contributed by atoms with van der Waals surface area (Å²) >= 11 is 0. The normalized spacial score (nSPS) is 11.3. The molecule has 2 rings (SSSR count). The van der Waals surface area contributed by atoms with Crippen molar-refractivity contribution in [3.05, 3.63) is 34.6 Å². The van der Waals surface area contributed by atoms with Crippen LogP contribution in [0.5, 0.6) is 17.2 Å². The van der Waals surface area contributed by atoms with Crippen LogP contribution in [0.3, 0.4) is 0 Å². The third kappa shape index (κ3) is 4.64. The number of hydrogen-bond donors (Lipinski definition) is 2. The third-order valence-corrected chi connectivity index (χ3v) is 4.50. The maximum Gasteiger partial charge on any atom is 0.203 e. The highest BCUT2D eigenvalue weighted by Gasteiger charge is 2.14. The first-order valence-electron chi connectivity index (χ1n) is 8.67. The molecular weight excluding hydrogens is 346 g/mol. The topological polar surface area (TPSA) is 81.9 Å². The van der Waals surface area contributed by atoms with Crippen LogP contribution in [0.15, 0.2) is 17.1 Å². The van der Waals surface area contributed by atoms with Gasteiger partial charge in [0, 0.05) is 38.4 Å². The van der Waals surface area contributed by atoms with Gasteiger partial charge in [-0.05, 0) is 31.5 Å². The Kier molecular flexibility index (Phi) is 6.92. The van der Waals surface area contributed by atoms with E-state index >= 15 is 0 Å². The molecule has 8 heteroatoms. The molecule has 0 aliphatic rings. The van der Waals surface area contributed by atoms with E-state index in [1.165, 1.54) is 5.56 Å². The molecule has 2 N–H and O–H groups in total. The van der Waals surface area contributed by atoms with E-state index in [4.69, 9.17) is 14.2 Å². The highest BCUT2D eigenvalue weighted by Crippen LogP contribution is 2.38. The van der Waals surface area contributed by atoms with Gasteiger partial charge in [-0.1, -0.05) is 0 Å². The van der Waals surface area contributed by atoms with Crippen LogP contribution in [-0.4, -0.2) is 44.1 Å². The molecule has 1 aromatic carbocycles.